The Labute approximate surface area is 152 Å². The van der Waals surface area contributed by atoms with Gasteiger partial charge in [-0.1, -0.05) is 30.3 Å². The first-order valence-electron chi connectivity index (χ1n) is 8.77. The molecule has 0 unspecified atom stereocenters. The molecule has 1 fully saturated rings. The Kier molecular flexibility index (Phi) is 3.77. The first-order chi connectivity index (χ1) is 12.5. The second-order valence-corrected chi connectivity index (χ2v) is 7.09. The molecule has 1 atom stereocenters. The molecule has 5 nitrogen and oxygen atoms in total. The van der Waals surface area contributed by atoms with Gasteiger partial charge in [0.2, 0.25) is 0 Å². The van der Waals surface area contributed by atoms with Crippen LogP contribution in [-0.2, 0) is 29.7 Å². The lowest BCUT2D eigenvalue weighted by Gasteiger charge is -2.23. The minimum absolute atomic E-state index is 0.191. The van der Waals surface area contributed by atoms with Gasteiger partial charge < -0.3 is 5.32 Å². The molecule has 1 saturated heterocycles. The molecule has 0 spiro atoms. The molecule has 2 aliphatic rings. The van der Waals surface area contributed by atoms with E-state index in [0.29, 0.717) is 5.56 Å². The van der Waals surface area contributed by atoms with Crippen molar-refractivity contribution >= 4 is 11.9 Å². The molecule has 0 radical (unpaired) electrons. The van der Waals surface area contributed by atoms with E-state index in [0.717, 1.165) is 30.4 Å². The molecule has 26 heavy (non-hydrogen) atoms. The number of amides is 3. The topological polar surface area (TPSA) is 73.2 Å². The standard InChI is InChI=1S/C21H19N3O2/c1-21(18-10-9-16-3-2-4-17(16)11-18)19(25)24(20(26)23-21)13-15-7-5-14(12-22)6-8-15/h5-11H,2-4,13H2,1H3,(H,23,26)/t21-/m0/s1. The van der Waals surface area contributed by atoms with E-state index in [1.165, 1.54) is 16.0 Å². The number of benzene rings is 2. The molecule has 130 valence electrons. The van der Waals surface area contributed by atoms with Crippen molar-refractivity contribution < 1.29 is 9.59 Å². The fraction of sp³-hybridized carbons (Fsp3) is 0.286. The van der Waals surface area contributed by atoms with Crippen LogP contribution in [0.25, 0.3) is 0 Å². The van der Waals surface area contributed by atoms with Crippen LogP contribution in [0.3, 0.4) is 0 Å². The minimum atomic E-state index is -1.04. The zero-order valence-electron chi connectivity index (χ0n) is 14.6. The number of carbonyl (C=O) groups is 2. The number of fused-ring (bicyclic) bond motifs is 1. The normalized spacial score (nSPS) is 21.5. The number of hydrogen-bond acceptors (Lipinski definition) is 3. The van der Waals surface area contributed by atoms with Crippen LogP contribution in [-0.4, -0.2) is 16.8 Å². The van der Waals surface area contributed by atoms with E-state index in [1.54, 1.807) is 31.2 Å². The van der Waals surface area contributed by atoms with Crippen molar-refractivity contribution in [2.24, 2.45) is 0 Å². The Balaban J connectivity index is 1.60. The molecule has 0 aromatic heterocycles. The number of imide groups is 1. The molecule has 1 heterocycles. The predicted octanol–water partition coefficient (Wildman–Crippen LogP) is 3.01. The highest BCUT2D eigenvalue weighted by Crippen LogP contribution is 2.33. The van der Waals surface area contributed by atoms with Gasteiger partial charge in [-0.2, -0.15) is 5.26 Å². The highest BCUT2D eigenvalue weighted by Gasteiger charge is 2.49. The summed E-state index contributed by atoms with van der Waals surface area (Å²) in [5.74, 6) is -0.246. The summed E-state index contributed by atoms with van der Waals surface area (Å²) in [5.41, 5.74) is 3.76. The maximum atomic E-state index is 13.1. The Morgan fingerprint density at radius 2 is 1.85 bits per heavy atom. The van der Waals surface area contributed by atoms with Crippen molar-refractivity contribution in [2.75, 3.05) is 0 Å². The SMILES string of the molecule is C[C@@]1(c2ccc3c(c2)CCC3)NC(=O)N(Cc2ccc(C#N)cc2)C1=O. The molecule has 1 aliphatic carbocycles. The molecule has 1 aliphatic heterocycles. The Morgan fingerprint density at radius 1 is 1.12 bits per heavy atom. The first-order valence-corrected chi connectivity index (χ1v) is 8.77. The summed E-state index contributed by atoms with van der Waals surface area (Å²) < 4.78 is 0. The lowest BCUT2D eigenvalue weighted by molar-refractivity contribution is -0.131. The summed E-state index contributed by atoms with van der Waals surface area (Å²) in [5, 5.41) is 11.7. The summed E-state index contributed by atoms with van der Waals surface area (Å²) in [7, 11) is 0. The van der Waals surface area contributed by atoms with Gasteiger partial charge in [-0.05, 0) is 60.6 Å². The van der Waals surface area contributed by atoms with E-state index in [9.17, 15) is 9.59 Å². The van der Waals surface area contributed by atoms with Gasteiger partial charge in [0, 0.05) is 0 Å². The zero-order chi connectivity index (χ0) is 18.3. The highest BCUT2D eigenvalue weighted by atomic mass is 16.2. The van der Waals surface area contributed by atoms with Crippen LogP contribution < -0.4 is 5.32 Å². The maximum Gasteiger partial charge on any atom is 0.325 e. The summed E-state index contributed by atoms with van der Waals surface area (Å²) in [6, 6.07) is 14.7. The van der Waals surface area contributed by atoms with E-state index in [4.69, 9.17) is 5.26 Å². The lowest BCUT2D eigenvalue weighted by atomic mass is 9.89. The maximum absolute atomic E-state index is 13.1. The largest absolute Gasteiger partial charge is 0.325 e. The third-order valence-corrected chi connectivity index (χ3v) is 5.37. The van der Waals surface area contributed by atoms with E-state index in [1.807, 2.05) is 6.07 Å². The molecular weight excluding hydrogens is 326 g/mol. The number of nitrogens with zero attached hydrogens (tertiary/aromatic N) is 2. The fourth-order valence-corrected chi connectivity index (χ4v) is 3.79. The van der Waals surface area contributed by atoms with Crippen molar-refractivity contribution in [3.63, 3.8) is 0 Å². The first kappa shape index (κ1) is 16.3. The van der Waals surface area contributed by atoms with Crippen molar-refractivity contribution in [2.45, 2.75) is 38.3 Å². The van der Waals surface area contributed by atoms with Crippen molar-refractivity contribution in [3.8, 4) is 6.07 Å². The van der Waals surface area contributed by atoms with E-state index >= 15 is 0 Å². The van der Waals surface area contributed by atoms with Gasteiger partial charge in [-0.25, -0.2) is 4.79 Å². The van der Waals surface area contributed by atoms with Gasteiger partial charge in [0.25, 0.3) is 5.91 Å². The third-order valence-electron chi connectivity index (χ3n) is 5.37. The molecule has 0 saturated carbocycles. The van der Waals surface area contributed by atoms with Crippen LogP contribution in [0.1, 0.15) is 41.2 Å². The predicted molar refractivity (Wildman–Crippen MR) is 96.1 cm³/mol. The van der Waals surface area contributed by atoms with Crippen LogP contribution in [0.15, 0.2) is 42.5 Å². The third kappa shape index (κ3) is 2.55. The number of carbonyl (C=O) groups excluding carboxylic acids is 2. The highest BCUT2D eigenvalue weighted by molar-refractivity contribution is 6.07. The lowest BCUT2D eigenvalue weighted by Crippen LogP contribution is -2.40. The second kappa shape index (κ2) is 5.99. The van der Waals surface area contributed by atoms with Gasteiger partial charge >= 0.3 is 6.03 Å². The summed E-state index contributed by atoms with van der Waals surface area (Å²) in [6.07, 6.45) is 3.24. The quantitative estimate of drug-likeness (QED) is 0.869. The van der Waals surface area contributed by atoms with Crippen LogP contribution in [0, 0.1) is 11.3 Å². The van der Waals surface area contributed by atoms with Crippen LogP contribution in [0.2, 0.25) is 0 Å². The number of nitrogens with one attached hydrogen (secondary N) is 1. The molecule has 2 aromatic carbocycles. The molecule has 1 N–H and O–H groups in total. The van der Waals surface area contributed by atoms with Crippen LogP contribution in [0.5, 0.6) is 0 Å². The monoisotopic (exact) mass is 345 g/mol. The van der Waals surface area contributed by atoms with E-state index in [-0.39, 0.29) is 18.5 Å². The van der Waals surface area contributed by atoms with Gasteiger partial charge in [-0.3, -0.25) is 9.69 Å². The van der Waals surface area contributed by atoms with E-state index in [2.05, 4.69) is 23.5 Å². The molecule has 5 heteroatoms. The summed E-state index contributed by atoms with van der Waals surface area (Å²) >= 11 is 0. The second-order valence-electron chi connectivity index (χ2n) is 7.09. The number of rotatable bonds is 3. The summed E-state index contributed by atoms with van der Waals surface area (Å²) in [6.45, 7) is 1.96. The number of hydrogen-bond donors (Lipinski definition) is 1. The van der Waals surface area contributed by atoms with Crippen LogP contribution in [0.4, 0.5) is 4.79 Å². The molecule has 4 rings (SSSR count). The van der Waals surface area contributed by atoms with Crippen molar-refractivity contribution in [3.05, 3.63) is 70.3 Å². The van der Waals surface area contributed by atoms with Crippen molar-refractivity contribution in [1.29, 1.82) is 5.26 Å². The molecular formula is C21H19N3O2. The Bertz CT molecular complexity index is 943. The smallest absolute Gasteiger partial charge is 0.319 e. The average Bonchev–Trinajstić information content (AvgIpc) is 3.21. The Morgan fingerprint density at radius 3 is 2.58 bits per heavy atom. The zero-order valence-corrected chi connectivity index (χ0v) is 14.6. The van der Waals surface area contributed by atoms with Gasteiger partial charge in [-0.15, -0.1) is 0 Å². The number of urea groups is 1. The van der Waals surface area contributed by atoms with Crippen molar-refractivity contribution in [1.82, 2.24) is 10.2 Å². The number of aryl methyl sites for hydroxylation is 2. The van der Waals surface area contributed by atoms with Gasteiger partial charge in [0.1, 0.15) is 5.54 Å². The molecule has 0 bridgehead atoms. The molecule has 2 aromatic rings. The van der Waals surface area contributed by atoms with Gasteiger partial charge in [0.15, 0.2) is 0 Å². The Hall–Kier alpha value is -3.13. The van der Waals surface area contributed by atoms with Crippen LogP contribution >= 0.6 is 0 Å². The van der Waals surface area contributed by atoms with Gasteiger partial charge in [0.05, 0.1) is 18.2 Å². The average molecular weight is 345 g/mol. The fourth-order valence-electron chi connectivity index (χ4n) is 3.79. The minimum Gasteiger partial charge on any atom is -0.319 e. The van der Waals surface area contributed by atoms with E-state index < -0.39 is 5.54 Å². The summed E-state index contributed by atoms with van der Waals surface area (Å²) in [4.78, 5) is 26.8. The number of nitriles is 1. The molecule has 3 amide bonds.